The zero-order valence-corrected chi connectivity index (χ0v) is 15.4. The molecule has 0 fully saturated rings. The first-order valence-corrected chi connectivity index (χ1v) is 9.30. The minimum absolute atomic E-state index is 0.0856. The fourth-order valence-electron chi connectivity index (χ4n) is 3.00. The van der Waals surface area contributed by atoms with Gasteiger partial charge >= 0.3 is 0 Å². The van der Waals surface area contributed by atoms with Crippen molar-refractivity contribution in [2.75, 3.05) is 0 Å². The van der Waals surface area contributed by atoms with Crippen LogP contribution in [0.25, 0.3) is 28.1 Å². The molecule has 0 aliphatic carbocycles. The number of para-hydroxylation sites is 1. The van der Waals surface area contributed by atoms with Gasteiger partial charge in [0, 0.05) is 0 Å². The van der Waals surface area contributed by atoms with Crippen LogP contribution in [0.5, 0.6) is 0 Å². The lowest BCUT2D eigenvalue weighted by Crippen LogP contribution is -2.22. The number of aromatic nitrogens is 2. The van der Waals surface area contributed by atoms with E-state index in [1.54, 1.807) is 16.7 Å². The van der Waals surface area contributed by atoms with Gasteiger partial charge in [0.2, 0.25) is 0 Å². The summed E-state index contributed by atoms with van der Waals surface area (Å²) >= 11 is 1.39. The molecule has 0 N–H and O–H groups in total. The highest BCUT2D eigenvalue weighted by atomic mass is 32.1. The van der Waals surface area contributed by atoms with E-state index in [0.717, 1.165) is 16.8 Å². The number of rotatable bonds is 3. The van der Waals surface area contributed by atoms with Gasteiger partial charge in [0.05, 0.1) is 22.8 Å². The summed E-state index contributed by atoms with van der Waals surface area (Å²) in [6.07, 6.45) is 3.62. The number of hydrogen-bond acceptors (Lipinski definition) is 4. The van der Waals surface area contributed by atoms with E-state index in [2.05, 4.69) is 11.1 Å². The van der Waals surface area contributed by atoms with Gasteiger partial charge in [0.1, 0.15) is 10.5 Å². The molecule has 2 aromatic carbocycles. The monoisotopic (exact) mass is 369 g/mol. The van der Waals surface area contributed by atoms with E-state index in [1.807, 2.05) is 66.9 Å². The van der Waals surface area contributed by atoms with Crippen LogP contribution in [-0.2, 0) is 0 Å². The topological polar surface area (TPSA) is 58.7 Å². The maximum atomic E-state index is 13.1. The van der Waals surface area contributed by atoms with Crippen molar-refractivity contribution in [3.8, 4) is 11.8 Å². The summed E-state index contributed by atoms with van der Waals surface area (Å²) in [4.78, 5) is 17.8. The number of fused-ring (bicyclic) bond motifs is 1. The molecule has 0 atom stereocenters. The fraction of sp³-hybridized carbons (Fsp3) is 0.0455. The summed E-state index contributed by atoms with van der Waals surface area (Å²) in [7, 11) is 0. The van der Waals surface area contributed by atoms with Crippen LogP contribution in [0.3, 0.4) is 0 Å². The Bertz CT molecular complexity index is 1270. The third-order valence-corrected chi connectivity index (χ3v) is 5.25. The quantitative estimate of drug-likeness (QED) is 0.521. The summed E-state index contributed by atoms with van der Waals surface area (Å²) < 4.78 is 2.27. The van der Waals surface area contributed by atoms with Crippen LogP contribution < -0.4 is 5.56 Å². The Hall–Kier alpha value is -3.49. The second kappa shape index (κ2) is 7.02. The van der Waals surface area contributed by atoms with Gasteiger partial charge in [0.25, 0.3) is 5.56 Å². The Morgan fingerprint density at radius 2 is 1.85 bits per heavy atom. The Kier molecular flexibility index (Phi) is 4.41. The van der Waals surface area contributed by atoms with Gasteiger partial charge in [-0.3, -0.25) is 9.36 Å². The van der Waals surface area contributed by atoms with Crippen molar-refractivity contribution in [3.63, 3.8) is 0 Å². The molecule has 4 rings (SSSR count). The maximum absolute atomic E-state index is 13.1. The number of benzene rings is 2. The van der Waals surface area contributed by atoms with Gasteiger partial charge < -0.3 is 0 Å². The van der Waals surface area contributed by atoms with Crippen LogP contribution in [-0.4, -0.2) is 9.55 Å². The number of nitriles is 1. The van der Waals surface area contributed by atoms with Gasteiger partial charge in [-0.15, -0.1) is 11.3 Å². The normalized spacial score (nSPS) is 11.1. The first-order chi connectivity index (χ1) is 13.2. The smallest absolute Gasteiger partial charge is 0.267 e. The first kappa shape index (κ1) is 17.0. The molecule has 2 heterocycles. The maximum Gasteiger partial charge on any atom is 0.276 e. The molecule has 4 nitrogen and oxygen atoms in total. The van der Waals surface area contributed by atoms with E-state index in [-0.39, 0.29) is 5.56 Å². The Labute approximate surface area is 160 Å². The molecule has 0 saturated carbocycles. The third-order valence-electron chi connectivity index (χ3n) is 4.36. The largest absolute Gasteiger partial charge is 0.276 e. The number of thiophene rings is 1. The molecule has 2 aromatic heterocycles. The lowest BCUT2D eigenvalue weighted by Gasteiger charge is -2.12. The van der Waals surface area contributed by atoms with E-state index in [9.17, 15) is 10.1 Å². The van der Waals surface area contributed by atoms with Gasteiger partial charge in [-0.25, -0.2) is 4.98 Å². The molecule has 0 unspecified atom stereocenters. The van der Waals surface area contributed by atoms with Crippen molar-refractivity contribution in [2.45, 2.75) is 6.92 Å². The summed E-state index contributed by atoms with van der Waals surface area (Å²) in [6.45, 7) is 1.97. The molecule has 0 saturated heterocycles. The minimum Gasteiger partial charge on any atom is -0.267 e. The fourth-order valence-corrected chi connectivity index (χ4v) is 3.76. The van der Waals surface area contributed by atoms with E-state index < -0.39 is 0 Å². The average molecular weight is 369 g/mol. The Balaban J connectivity index is 1.96. The third kappa shape index (κ3) is 3.07. The molecule has 0 bridgehead atoms. The molecule has 0 spiro atoms. The molecule has 0 aliphatic rings. The zero-order chi connectivity index (χ0) is 18.8. The molecule has 130 valence electrons. The van der Waals surface area contributed by atoms with E-state index in [0.29, 0.717) is 21.6 Å². The van der Waals surface area contributed by atoms with Crippen molar-refractivity contribution in [2.24, 2.45) is 0 Å². The van der Waals surface area contributed by atoms with Crippen molar-refractivity contribution in [1.82, 2.24) is 9.55 Å². The first-order valence-electron chi connectivity index (χ1n) is 8.42. The molecule has 27 heavy (non-hydrogen) atoms. The minimum atomic E-state index is -0.0856. The van der Waals surface area contributed by atoms with Gasteiger partial charge in [0.15, 0.2) is 0 Å². The molecule has 0 radical (unpaired) electrons. The summed E-state index contributed by atoms with van der Waals surface area (Å²) in [5.74, 6) is 0.535. The predicted octanol–water partition coefficient (Wildman–Crippen LogP) is 4.80. The van der Waals surface area contributed by atoms with Crippen molar-refractivity contribution >= 4 is 33.7 Å². The van der Waals surface area contributed by atoms with Gasteiger partial charge in [-0.2, -0.15) is 5.26 Å². The van der Waals surface area contributed by atoms with Gasteiger partial charge in [-0.05, 0) is 53.8 Å². The number of nitrogens with zero attached hydrogens (tertiary/aromatic N) is 3. The summed E-state index contributed by atoms with van der Waals surface area (Å²) in [5.41, 5.74) is 3.76. The SMILES string of the molecule is Cc1ccccc1-n1c(C=Cc2ccccc2C#N)nc2ccsc2c1=O. The van der Waals surface area contributed by atoms with E-state index >= 15 is 0 Å². The van der Waals surface area contributed by atoms with Crippen molar-refractivity contribution in [1.29, 1.82) is 5.26 Å². The van der Waals surface area contributed by atoms with Crippen LogP contribution in [0.2, 0.25) is 0 Å². The second-order valence-corrected chi connectivity index (χ2v) is 6.98. The highest BCUT2D eigenvalue weighted by Crippen LogP contribution is 2.21. The molecule has 4 aromatic rings. The van der Waals surface area contributed by atoms with Crippen LogP contribution in [0, 0.1) is 18.3 Å². The molecular formula is C22H15N3OS. The summed E-state index contributed by atoms with van der Waals surface area (Å²) in [6, 6.07) is 19.1. The Morgan fingerprint density at radius 3 is 2.67 bits per heavy atom. The highest BCUT2D eigenvalue weighted by Gasteiger charge is 2.13. The van der Waals surface area contributed by atoms with Crippen LogP contribution in [0.1, 0.15) is 22.5 Å². The van der Waals surface area contributed by atoms with E-state index in [4.69, 9.17) is 0 Å². The van der Waals surface area contributed by atoms with Gasteiger partial charge in [-0.1, -0.05) is 36.4 Å². The predicted molar refractivity (Wildman–Crippen MR) is 110 cm³/mol. The van der Waals surface area contributed by atoms with E-state index in [1.165, 1.54) is 11.3 Å². The number of aryl methyl sites for hydroxylation is 1. The molecule has 0 amide bonds. The van der Waals surface area contributed by atoms with Crippen LogP contribution >= 0.6 is 11.3 Å². The zero-order valence-electron chi connectivity index (χ0n) is 14.6. The highest BCUT2D eigenvalue weighted by molar-refractivity contribution is 7.17. The molecule has 5 heteroatoms. The lowest BCUT2D eigenvalue weighted by atomic mass is 10.1. The molecule has 0 aliphatic heterocycles. The van der Waals surface area contributed by atoms with Crippen molar-refractivity contribution in [3.05, 3.63) is 92.8 Å². The average Bonchev–Trinajstić information content (AvgIpc) is 3.16. The van der Waals surface area contributed by atoms with Crippen LogP contribution in [0.4, 0.5) is 0 Å². The number of hydrogen-bond donors (Lipinski definition) is 0. The lowest BCUT2D eigenvalue weighted by molar-refractivity contribution is 0.938. The standard InChI is InChI=1S/C22H15N3OS/c1-15-6-2-5-9-19(15)25-20(24-18-12-13-27-21(18)22(25)26)11-10-16-7-3-4-8-17(16)14-23/h2-13H,1H3. The van der Waals surface area contributed by atoms with Crippen molar-refractivity contribution < 1.29 is 0 Å². The molecular weight excluding hydrogens is 354 g/mol. The van der Waals surface area contributed by atoms with Crippen LogP contribution in [0.15, 0.2) is 64.8 Å². The Morgan fingerprint density at radius 1 is 1.07 bits per heavy atom. The second-order valence-electron chi connectivity index (χ2n) is 6.06. The summed E-state index contributed by atoms with van der Waals surface area (Å²) in [5, 5.41) is 11.2.